The number of carbonyl (C=O) groups is 1. The number of alkyl halides is 2. The van der Waals surface area contributed by atoms with Crippen LogP contribution in [-0.4, -0.2) is 17.7 Å². The Hall–Kier alpha value is -1.65. The molecule has 0 fully saturated rings. The number of halogens is 2. The molecule has 0 unspecified atom stereocenters. The Morgan fingerprint density at radius 2 is 2.12 bits per heavy atom. The van der Waals surface area contributed by atoms with Gasteiger partial charge in [-0.3, -0.25) is 4.79 Å². The summed E-state index contributed by atoms with van der Waals surface area (Å²) in [6.45, 7) is 1.99. The molecule has 1 aromatic rings. The Morgan fingerprint density at radius 3 is 2.71 bits per heavy atom. The van der Waals surface area contributed by atoms with Gasteiger partial charge in [0, 0.05) is 12.0 Å². The predicted molar refractivity (Wildman–Crippen MR) is 58.0 cm³/mol. The zero-order valence-corrected chi connectivity index (χ0v) is 9.45. The zero-order chi connectivity index (χ0) is 12.8. The standard InChI is InChI=1S/C12H14F2O3/c1-2-17-11(16)4-3-8-5-9(12(13)14)7-10(15)6-8/h5-7,12,15H,2-4H2,1H3. The van der Waals surface area contributed by atoms with Crippen molar-refractivity contribution >= 4 is 5.97 Å². The van der Waals surface area contributed by atoms with E-state index in [-0.39, 0.29) is 30.1 Å². The van der Waals surface area contributed by atoms with Crippen molar-refractivity contribution in [3.8, 4) is 5.75 Å². The van der Waals surface area contributed by atoms with Crippen molar-refractivity contribution in [1.82, 2.24) is 0 Å². The largest absolute Gasteiger partial charge is 0.508 e. The number of ether oxygens (including phenoxy) is 1. The molecule has 17 heavy (non-hydrogen) atoms. The Labute approximate surface area is 98.0 Å². The molecule has 0 aliphatic carbocycles. The van der Waals surface area contributed by atoms with Crippen LogP contribution >= 0.6 is 0 Å². The smallest absolute Gasteiger partial charge is 0.306 e. The van der Waals surface area contributed by atoms with E-state index in [4.69, 9.17) is 4.74 Å². The van der Waals surface area contributed by atoms with Crippen LogP contribution in [0.25, 0.3) is 0 Å². The van der Waals surface area contributed by atoms with Crippen LogP contribution in [0.4, 0.5) is 8.78 Å². The van der Waals surface area contributed by atoms with Gasteiger partial charge >= 0.3 is 5.97 Å². The zero-order valence-electron chi connectivity index (χ0n) is 9.45. The molecule has 0 atom stereocenters. The number of phenolic OH excluding ortho intramolecular Hbond substituents is 1. The van der Waals surface area contributed by atoms with E-state index in [1.165, 1.54) is 12.1 Å². The highest BCUT2D eigenvalue weighted by atomic mass is 19.3. The predicted octanol–water partition coefficient (Wildman–Crippen LogP) is 2.83. The number of aromatic hydroxyl groups is 1. The normalized spacial score (nSPS) is 10.6. The summed E-state index contributed by atoms with van der Waals surface area (Å²) >= 11 is 0. The molecule has 0 aliphatic heterocycles. The topological polar surface area (TPSA) is 46.5 Å². The lowest BCUT2D eigenvalue weighted by molar-refractivity contribution is -0.143. The molecule has 0 saturated heterocycles. The van der Waals surface area contributed by atoms with Gasteiger partial charge in [0.25, 0.3) is 6.43 Å². The van der Waals surface area contributed by atoms with Crippen LogP contribution in [0.1, 0.15) is 30.9 Å². The molecule has 0 amide bonds. The molecular formula is C12H14F2O3. The highest BCUT2D eigenvalue weighted by Crippen LogP contribution is 2.25. The summed E-state index contributed by atoms with van der Waals surface area (Å²) in [7, 11) is 0. The highest BCUT2D eigenvalue weighted by Gasteiger charge is 2.10. The maximum absolute atomic E-state index is 12.4. The van der Waals surface area contributed by atoms with Gasteiger partial charge in [-0.2, -0.15) is 0 Å². The van der Waals surface area contributed by atoms with Crippen LogP contribution in [0.3, 0.4) is 0 Å². The lowest BCUT2D eigenvalue weighted by Crippen LogP contribution is -2.05. The van der Waals surface area contributed by atoms with Crippen LogP contribution < -0.4 is 0 Å². The molecule has 0 aliphatic rings. The number of benzene rings is 1. The van der Waals surface area contributed by atoms with E-state index in [0.29, 0.717) is 12.2 Å². The molecule has 3 nitrogen and oxygen atoms in total. The minimum Gasteiger partial charge on any atom is -0.508 e. The van der Waals surface area contributed by atoms with Crippen molar-refractivity contribution in [2.45, 2.75) is 26.2 Å². The lowest BCUT2D eigenvalue weighted by Gasteiger charge is -2.06. The Balaban J connectivity index is 2.68. The fourth-order valence-corrected chi connectivity index (χ4v) is 1.45. The number of esters is 1. The summed E-state index contributed by atoms with van der Waals surface area (Å²) in [6, 6.07) is 3.66. The molecule has 94 valence electrons. The van der Waals surface area contributed by atoms with Crippen molar-refractivity contribution in [2.24, 2.45) is 0 Å². The van der Waals surface area contributed by atoms with Gasteiger partial charge in [0.15, 0.2) is 0 Å². The van der Waals surface area contributed by atoms with E-state index in [0.717, 1.165) is 6.07 Å². The minimum absolute atomic E-state index is 0.111. The first-order chi connectivity index (χ1) is 8.02. The van der Waals surface area contributed by atoms with Gasteiger partial charge < -0.3 is 9.84 Å². The molecule has 5 heteroatoms. The summed E-state index contributed by atoms with van der Waals surface area (Å²) in [5, 5.41) is 9.26. The van der Waals surface area contributed by atoms with Crippen LogP contribution in [0.2, 0.25) is 0 Å². The first kappa shape index (κ1) is 13.4. The first-order valence-corrected chi connectivity index (χ1v) is 5.29. The fraction of sp³-hybridized carbons (Fsp3) is 0.417. The van der Waals surface area contributed by atoms with Crippen molar-refractivity contribution in [3.63, 3.8) is 0 Å². The van der Waals surface area contributed by atoms with Crippen LogP contribution in [-0.2, 0) is 16.0 Å². The quantitative estimate of drug-likeness (QED) is 0.810. The average Bonchev–Trinajstić information content (AvgIpc) is 2.26. The maximum atomic E-state index is 12.4. The number of phenols is 1. The van der Waals surface area contributed by atoms with E-state index in [1.807, 2.05) is 0 Å². The summed E-state index contributed by atoms with van der Waals surface area (Å²) in [5.74, 6) is -0.601. The third-order valence-corrected chi connectivity index (χ3v) is 2.17. The van der Waals surface area contributed by atoms with Crippen molar-refractivity contribution in [1.29, 1.82) is 0 Å². The van der Waals surface area contributed by atoms with E-state index >= 15 is 0 Å². The van der Waals surface area contributed by atoms with Crippen molar-refractivity contribution in [3.05, 3.63) is 29.3 Å². The number of carbonyl (C=O) groups excluding carboxylic acids is 1. The third-order valence-electron chi connectivity index (χ3n) is 2.17. The van der Waals surface area contributed by atoms with Gasteiger partial charge in [0.2, 0.25) is 0 Å². The first-order valence-electron chi connectivity index (χ1n) is 5.29. The molecule has 0 radical (unpaired) electrons. The number of hydrogen-bond donors (Lipinski definition) is 1. The Kier molecular flexibility index (Phi) is 4.87. The minimum atomic E-state index is -2.64. The Morgan fingerprint density at radius 1 is 1.41 bits per heavy atom. The van der Waals surface area contributed by atoms with Gasteiger partial charge in [-0.1, -0.05) is 0 Å². The monoisotopic (exact) mass is 244 g/mol. The van der Waals surface area contributed by atoms with Gasteiger partial charge in [-0.25, -0.2) is 8.78 Å². The van der Waals surface area contributed by atoms with E-state index < -0.39 is 6.43 Å². The molecule has 1 rings (SSSR count). The average molecular weight is 244 g/mol. The van der Waals surface area contributed by atoms with Gasteiger partial charge in [0.05, 0.1) is 6.61 Å². The fourth-order valence-electron chi connectivity index (χ4n) is 1.45. The van der Waals surface area contributed by atoms with E-state index in [1.54, 1.807) is 6.92 Å². The summed E-state index contributed by atoms with van der Waals surface area (Å²) in [6.07, 6.45) is -2.25. The Bertz CT molecular complexity index is 391. The molecule has 0 spiro atoms. The second-order valence-electron chi connectivity index (χ2n) is 3.54. The second kappa shape index (κ2) is 6.18. The number of hydrogen-bond acceptors (Lipinski definition) is 3. The molecule has 0 saturated carbocycles. The molecule has 0 aromatic heterocycles. The third kappa shape index (κ3) is 4.38. The van der Waals surface area contributed by atoms with Crippen LogP contribution in [0.15, 0.2) is 18.2 Å². The van der Waals surface area contributed by atoms with Gasteiger partial charge in [-0.05, 0) is 37.1 Å². The molecule has 0 heterocycles. The van der Waals surface area contributed by atoms with E-state index in [9.17, 15) is 18.7 Å². The van der Waals surface area contributed by atoms with Crippen molar-refractivity contribution in [2.75, 3.05) is 6.61 Å². The SMILES string of the molecule is CCOC(=O)CCc1cc(O)cc(C(F)F)c1. The molecule has 1 aromatic carbocycles. The van der Waals surface area contributed by atoms with Crippen LogP contribution in [0, 0.1) is 0 Å². The second-order valence-corrected chi connectivity index (χ2v) is 3.54. The molecule has 0 bridgehead atoms. The highest BCUT2D eigenvalue weighted by molar-refractivity contribution is 5.69. The van der Waals surface area contributed by atoms with Crippen molar-refractivity contribution < 1.29 is 23.4 Å². The van der Waals surface area contributed by atoms with Crippen LogP contribution in [0.5, 0.6) is 5.75 Å². The number of rotatable bonds is 5. The summed E-state index contributed by atoms with van der Waals surface area (Å²) in [5.41, 5.74) is 0.247. The summed E-state index contributed by atoms with van der Waals surface area (Å²) in [4.78, 5) is 11.1. The summed E-state index contributed by atoms with van der Waals surface area (Å²) < 4.78 is 29.6. The van der Waals surface area contributed by atoms with Gasteiger partial charge in [0.1, 0.15) is 5.75 Å². The molecule has 1 N–H and O–H groups in total. The number of aryl methyl sites for hydroxylation is 1. The maximum Gasteiger partial charge on any atom is 0.306 e. The van der Waals surface area contributed by atoms with Gasteiger partial charge in [-0.15, -0.1) is 0 Å². The van der Waals surface area contributed by atoms with E-state index in [2.05, 4.69) is 0 Å². The molecular weight excluding hydrogens is 230 g/mol. The lowest BCUT2D eigenvalue weighted by atomic mass is 10.1.